The van der Waals surface area contributed by atoms with Crippen LogP contribution in [0, 0.1) is 0 Å². The first-order valence-electron chi connectivity index (χ1n) is 5.51. The standard InChI is InChI=1S/C10H18N2O4/c11-8(9(13)14)3-1-2-6-16-10(15)12-7-4-5-7/h7-8H,1-6,11H2,(H,12,15)(H,13,14)/t8-/m0/s1. The number of carbonyl (C=O) groups is 2. The zero-order chi connectivity index (χ0) is 12.0. The lowest BCUT2D eigenvalue weighted by Crippen LogP contribution is -2.30. The zero-order valence-corrected chi connectivity index (χ0v) is 9.15. The topological polar surface area (TPSA) is 102 Å². The van der Waals surface area contributed by atoms with Gasteiger partial charge in [-0.1, -0.05) is 0 Å². The predicted octanol–water partition coefficient (Wildman–Crippen LogP) is 0.457. The molecule has 0 spiro atoms. The van der Waals surface area contributed by atoms with Crippen molar-refractivity contribution in [2.45, 2.75) is 44.2 Å². The molecule has 1 aliphatic carbocycles. The Balaban J connectivity index is 1.90. The summed E-state index contributed by atoms with van der Waals surface area (Å²) >= 11 is 0. The Kier molecular flexibility index (Phi) is 5.04. The predicted molar refractivity (Wildman–Crippen MR) is 57.0 cm³/mol. The van der Waals surface area contributed by atoms with Gasteiger partial charge in [-0.2, -0.15) is 0 Å². The molecule has 16 heavy (non-hydrogen) atoms. The van der Waals surface area contributed by atoms with Crippen LogP contribution in [0.3, 0.4) is 0 Å². The average molecular weight is 230 g/mol. The van der Waals surface area contributed by atoms with Crippen molar-refractivity contribution in [2.24, 2.45) is 5.73 Å². The molecule has 0 saturated heterocycles. The van der Waals surface area contributed by atoms with Crippen LogP contribution in [0.25, 0.3) is 0 Å². The number of carbonyl (C=O) groups excluding carboxylic acids is 1. The fourth-order valence-corrected chi connectivity index (χ4v) is 1.19. The van der Waals surface area contributed by atoms with Crippen LogP contribution in [-0.4, -0.2) is 35.9 Å². The molecule has 6 nitrogen and oxygen atoms in total. The minimum absolute atomic E-state index is 0.299. The number of unbranched alkanes of at least 4 members (excludes halogenated alkanes) is 1. The normalized spacial score (nSPS) is 16.6. The van der Waals surface area contributed by atoms with Crippen LogP contribution in [0.4, 0.5) is 4.79 Å². The van der Waals surface area contributed by atoms with E-state index in [1.807, 2.05) is 0 Å². The average Bonchev–Trinajstić information content (AvgIpc) is 3.00. The fraction of sp³-hybridized carbons (Fsp3) is 0.800. The maximum Gasteiger partial charge on any atom is 0.407 e. The number of hydrogen-bond donors (Lipinski definition) is 3. The van der Waals surface area contributed by atoms with Crippen molar-refractivity contribution in [1.82, 2.24) is 5.32 Å². The number of alkyl carbamates (subject to hydrolysis) is 1. The van der Waals surface area contributed by atoms with E-state index in [4.69, 9.17) is 15.6 Å². The van der Waals surface area contributed by atoms with Crippen molar-refractivity contribution in [3.63, 3.8) is 0 Å². The van der Waals surface area contributed by atoms with Crippen LogP contribution >= 0.6 is 0 Å². The summed E-state index contributed by atoms with van der Waals surface area (Å²) in [6.07, 6.45) is 3.36. The number of ether oxygens (including phenoxy) is 1. The minimum Gasteiger partial charge on any atom is -0.480 e. The van der Waals surface area contributed by atoms with Gasteiger partial charge >= 0.3 is 12.1 Å². The molecule has 1 atom stereocenters. The maximum atomic E-state index is 11.0. The van der Waals surface area contributed by atoms with Crippen LogP contribution in [0.15, 0.2) is 0 Å². The smallest absolute Gasteiger partial charge is 0.407 e. The van der Waals surface area contributed by atoms with Crippen LogP contribution in [0.1, 0.15) is 32.1 Å². The quantitative estimate of drug-likeness (QED) is 0.551. The van der Waals surface area contributed by atoms with Crippen LogP contribution in [0.5, 0.6) is 0 Å². The third-order valence-corrected chi connectivity index (χ3v) is 2.36. The molecule has 1 aliphatic rings. The molecule has 0 heterocycles. The van der Waals surface area contributed by atoms with Gasteiger partial charge in [-0.05, 0) is 32.1 Å². The molecule has 6 heteroatoms. The van der Waals surface area contributed by atoms with Gasteiger partial charge in [0.25, 0.3) is 0 Å². The second kappa shape index (κ2) is 6.32. The summed E-state index contributed by atoms with van der Waals surface area (Å²) in [7, 11) is 0. The van der Waals surface area contributed by atoms with E-state index in [1.54, 1.807) is 0 Å². The molecule has 1 rings (SSSR count). The lowest BCUT2D eigenvalue weighted by atomic mass is 10.1. The lowest BCUT2D eigenvalue weighted by molar-refractivity contribution is -0.138. The summed E-state index contributed by atoms with van der Waals surface area (Å²) < 4.78 is 4.90. The molecule has 0 unspecified atom stereocenters. The summed E-state index contributed by atoms with van der Waals surface area (Å²) in [5.74, 6) is -0.993. The Bertz CT molecular complexity index is 253. The van der Waals surface area contributed by atoms with E-state index < -0.39 is 12.0 Å². The second-order valence-corrected chi connectivity index (χ2v) is 4.00. The third kappa shape index (κ3) is 5.55. The van der Waals surface area contributed by atoms with Crippen molar-refractivity contribution in [3.8, 4) is 0 Å². The monoisotopic (exact) mass is 230 g/mol. The van der Waals surface area contributed by atoms with Gasteiger partial charge in [-0.3, -0.25) is 4.79 Å². The number of carboxylic acids is 1. The van der Waals surface area contributed by atoms with Crippen LogP contribution < -0.4 is 11.1 Å². The van der Waals surface area contributed by atoms with Gasteiger partial charge in [0.2, 0.25) is 0 Å². The highest BCUT2D eigenvalue weighted by atomic mass is 16.5. The van der Waals surface area contributed by atoms with E-state index in [-0.39, 0.29) is 6.09 Å². The third-order valence-electron chi connectivity index (χ3n) is 2.36. The number of aliphatic carboxylic acids is 1. The Morgan fingerprint density at radius 2 is 2.12 bits per heavy atom. The molecule has 0 aliphatic heterocycles. The van der Waals surface area contributed by atoms with E-state index in [9.17, 15) is 9.59 Å². The Morgan fingerprint density at radius 3 is 2.69 bits per heavy atom. The number of rotatable bonds is 7. The molecule has 0 aromatic carbocycles. The van der Waals surface area contributed by atoms with E-state index in [2.05, 4.69) is 5.32 Å². The summed E-state index contributed by atoms with van der Waals surface area (Å²) in [5, 5.41) is 11.2. The van der Waals surface area contributed by atoms with Crippen LogP contribution in [-0.2, 0) is 9.53 Å². The van der Waals surface area contributed by atoms with Gasteiger partial charge in [-0.25, -0.2) is 4.79 Å². The number of amides is 1. The Hall–Kier alpha value is -1.30. The molecule has 1 fully saturated rings. The van der Waals surface area contributed by atoms with E-state index in [1.165, 1.54) is 0 Å². The number of nitrogens with one attached hydrogen (secondary N) is 1. The van der Waals surface area contributed by atoms with Gasteiger partial charge in [0.05, 0.1) is 6.61 Å². The Morgan fingerprint density at radius 1 is 1.44 bits per heavy atom. The fourth-order valence-electron chi connectivity index (χ4n) is 1.19. The largest absolute Gasteiger partial charge is 0.480 e. The summed E-state index contributed by atoms with van der Waals surface area (Å²) in [4.78, 5) is 21.4. The molecule has 1 amide bonds. The molecule has 4 N–H and O–H groups in total. The molecule has 1 saturated carbocycles. The van der Waals surface area contributed by atoms with Gasteiger partial charge < -0.3 is 20.9 Å². The zero-order valence-electron chi connectivity index (χ0n) is 9.15. The van der Waals surface area contributed by atoms with Crippen molar-refractivity contribution >= 4 is 12.1 Å². The molecule has 92 valence electrons. The highest BCUT2D eigenvalue weighted by molar-refractivity contribution is 5.72. The molecule has 0 aromatic heterocycles. The van der Waals surface area contributed by atoms with E-state index in [0.717, 1.165) is 12.8 Å². The minimum atomic E-state index is -0.993. The molecule has 0 bridgehead atoms. The summed E-state index contributed by atoms with van der Waals surface area (Å²) in [6.45, 7) is 0.310. The highest BCUT2D eigenvalue weighted by Gasteiger charge is 2.23. The molecule has 0 radical (unpaired) electrons. The SMILES string of the molecule is N[C@@H](CCCCOC(=O)NC1CC1)C(=O)O. The highest BCUT2D eigenvalue weighted by Crippen LogP contribution is 2.18. The van der Waals surface area contributed by atoms with Crippen LogP contribution in [0.2, 0.25) is 0 Å². The van der Waals surface area contributed by atoms with E-state index in [0.29, 0.717) is 31.9 Å². The molecular formula is C10H18N2O4. The number of carboxylic acid groups (broad SMARTS) is 1. The lowest BCUT2D eigenvalue weighted by Gasteiger charge is -2.07. The first-order chi connectivity index (χ1) is 7.59. The van der Waals surface area contributed by atoms with Crippen molar-refractivity contribution in [3.05, 3.63) is 0 Å². The van der Waals surface area contributed by atoms with Gasteiger partial charge in [0.1, 0.15) is 6.04 Å². The number of hydrogen-bond acceptors (Lipinski definition) is 4. The van der Waals surface area contributed by atoms with Crippen molar-refractivity contribution in [2.75, 3.05) is 6.61 Å². The first kappa shape index (κ1) is 12.8. The second-order valence-electron chi connectivity index (χ2n) is 4.00. The van der Waals surface area contributed by atoms with Crippen molar-refractivity contribution in [1.29, 1.82) is 0 Å². The summed E-state index contributed by atoms with van der Waals surface area (Å²) in [6, 6.07) is -0.520. The molecule has 0 aromatic rings. The van der Waals surface area contributed by atoms with Gasteiger partial charge in [0, 0.05) is 6.04 Å². The maximum absolute atomic E-state index is 11.0. The van der Waals surface area contributed by atoms with Crippen molar-refractivity contribution < 1.29 is 19.4 Å². The number of nitrogens with two attached hydrogens (primary N) is 1. The Labute approximate surface area is 94.1 Å². The van der Waals surface area contributed by atoms with Gasteiger partial charge in [-0.15, -0.1) is 0 Å². The molecular weight excluding hydrogens is 212 g/mol. The summed E-state index contributed by atoms with van der Waals surface area (Å²) in [5.41, 5.74) is 5.31. The first-order valence-corrected chi connectivity index (χ1v) is 5.51. The van der Waals surface area contributed by atoms with E-state index >= 15 is 0 Å². The van der Waals surface area contributed by atoms with Gasteiger partial charge in [0.15, 0.2) is 0 Å².